The second kappa shape index (κ2) is 6.10. The molecule has 3 rings (SSSR count). The lowest BCUT2D eigenvalue weighted by Crippen LogP contribution is -2.30. The van der Waals surface area contributed by atoms with Gasteiger partial charge in [0.25, 0.3) is 0 Å². The van der Waals surface area contributed by atoms with Crippen LogP contribution in [-0.4, -0.2) is 24.1 Å². The van der Waals surface area contributed by atoms with E-state index in [-0.39, 0.29) is 11.8 Å². The molecule has 0 saturated carbocycles. The summed E-state index contributed by atoms with van der Waals surface area (Å²) in [5, 5.41) is 2.99. The Morgan fingerprint density at radius 2 is 2.33 bits per heavy atom. The Kier molecular flexibility index (Phi) is 4.01. The van der Waals surface area contributed by atoms with Crippen LogP contribution in [0, 0.1) is 12.8 Å². The smallest absolute Gasteiger partial charge is 0.229 e. The molecule has 0 aliphatic carbocycles. The summed E-state index contributed by atoms with van der Waals surface area (Å²) in [6.07, 6.45) is 4.97. The Balaban J connectivity index is 1.79. The fraction of sp³-hybridized carbons (Fsp3) is 0.375. The molecule has 0 radical (unpaired) electrons. The van der Waals surface area contributed by atoms with E-state index in [9.17, 15) is 4.79 Å². The van der Waals surface area contributed by atoms with Crippen molar-refractivity contribution >= 4 is 11.6 Å². The van der Waals surface area contributed by atoms with Crippen molar-refractivity contribution in [2.45, 2.75) is 19.8 Å². The predicted molar refractivity (Wildman–Crippen MR) is 78.8 cm³/mol. The van der Waals surface area contributed by atoms with Gasteiger partial charge in [-0.25, -0.2) is 4.98 Å². The number of rotatable bonds is 3. The van der Waals surface area contributed by atoms with Gasteiger partial charge >= 0.3 is 0 Å². The molecule has 1 fully saturated rings. The highest BCUT2D eigenvalue weighted by atomic mass is 16.5. The van der Waals surface area contributed by atoms with Crippen molar-refractivity contribution in [2.24, 2.45) is 5.92 Å². The van der Waals surface area contributed by atoms with E-state index in [4.69, 9.17) is 9.15 Å². The number of carbonyl (C=O) groups excluding carboxylic acids is 1. The average Bonchev–Trinajstić information content (AvgIpc) is 3.04. The molecule has 2 aromatic rings. The van der Waals surface area contributed by atoms with Gasteiger partial charge in [-0.15, -0.1) is 0 Å². The lowest BCUT2D eigenvalue weighted by atomic mass is 10.0. The molecule has 1 amide bonds. The second-order valence-corrected chi connectivity index (χ2v) is 5.22. The van der Waals surface area contributed by atoms with Gasteiger partial charge in [-0.2, -0.15) is 0 Å². The van der Waals surface area contributed by atoms with Crippen LogP contribution in [0.1, 0.15) is 18.4 Å². The van der Waals surface area contributed by atoms with Crippen molar-refractivity contribution in [3.63, 3.8) is 0 Å². The summed E-state index contributed by atoms with van der Waals surface area (Å²) < 4.78 is 10.7. The van der Waals surface area contributed by atoms with Crippen molar-refractivity contribution in [2.75, 3.05) is 18.5 Å². The number of aromatic nitrogens is 1. The van der Waals surface area contributed by atoms with E-state index in [1.807, 2.05) is 25.1 Å². The number of amides is 1. The number of hydrogen-bond donors (Lipinski definition) is 1. The first-order valence-electron chi connectivity index (χ1n) is 7.14. The molecule has 1 atom stereocenters. The van der Waals surface area contributed by atoms with Gasteiger partial charge in [-0.1, -0.05) is 6.07 Å². The number of anilines is 1. The zero-order valence-electron chi connectivity index (χ0n) is 12.0. The number of hydrogen-bond acceptors (Lipinski definition) is 4. The minimum atomic E-state index is -0.0662. The van der Waals surface area contributed by atoms with Gasteiger partial charge in [0.15, 0.2) is 0 Å². The molecule has 1 aliphatic rings. The maximum Gasteiger partial charge on any atom is 0.229 e. The highest BCUT2D eigenvalue weighted by Crippen LogP contribution is 2.28. The average molecular weight is 286 g/mol. The maximum absolute atomic E-state index is 12.3. The summed E-state index contributed by atoms with van der Waals surface area (Å²) >= 11 is 0. The van der Waals surface area contributed by atoms with E-state index in [1.54, 1.807) is 12.5 Å². The largest absolute Gasteiger partial charge is 0.445 e. The van der Waals surface area contributed by atoms with Crippen LogP contribution in [0.15, 0.2) is 35.1 Å². The van der Waals surface area contributed by atoms with Gasteiger partial charge in [0.1, 0.15) is 6.26 Å². The molecule has 5 heteroatoms. The summed E-state index contributed by atoms with van der Waals surface area (Å²) in [7, 11) is 0. The number of oxazole rings is 1. The molecule has 110 valence electrons. The molecular formula is C16H18N2O3. The van der Waals surface area contributed by atoms with E-state index in [1.165, 1.54) is 0 Å². The molecule has 21 heavy (non-hydrogen) atoms. The summed E-state index contributed by atoms with van der Waals surface area (Å²) in [4.78, 5) is 16.4. The van der Waals surface area contributed by atoms with Crippen LogP contribution in [-0.2, 0) is 9.53 Å². The lowest BCUT2D eigenvalue weighted by Gasteiger charge is -2.22. The molecule has 1 unspecified atom stereocenters. The predicted octanol–water partition coefficient (Wildman–Crippen LogP) is 3.02. The van der Waals surface area contributed by atoms with E-state index in [2.05, 4.69) is 10.3 Å². The van der Waals surface area contributed by atoms with Crippen LogP contribution in [0.4, 0.5) is 5.69 Å². The Morgan fingerprint density at radius 1 is 1.43 bits per heavy atom. The standard InChI is InChI=1S/C16H18N2O3/c1-11-13(16-17-7-9-21-16)5-2-6-14(11)18-15(19)12-4-3-8-20-10-12/h2,5-7,9,12H,3-4,8,10H2,1H3,(H,18,19). The zero-order valence-corrected chi connectivity index (χ0v) is 12.0. The molecular weight excluding hydrogens is 268 g/mol. The molecule has 0 spiro atoms. The van der Waals surface area contributed by atoms with Gasteiger partial charge in [-0.3, -0.25) is 4.79 Å². The fourth-order valence-electron chi connectivity index (χ4n) is 2.54. The third kappa shape index (κ3) is 2.97. The monoisotopic (exact) mass is 286 g/mol. The number of nitrogens with one attached hydrogen (secondary N) is 1. The van der Waals surface area contributed by atoms with Crippen LogP contribution in [0.2, 0.25) is 0 Å². The fourth-order valence-corrected chi connectivity index (χ4v) is 2.54. The van der Waals surface area contributed by atoms with Gasteiger partial charge in [0, 0.05) is 17.9 Å². The minimum Gasteiger partial charge on any atom is -0.445 e. The summed E-state index contributed by atoms with van der Waals surface area (Å²) in [6, 6.07) is 5.71. The number of nitrogens with zero attached hydrogens (tertiary/aromatic N) is 1. The Hall–Kier alpha value is -2.14. The zero-order chi connectivity index (χ0) is 14.7. The number of benzene rings is 1. The van der Waals surface area contributed by atoms with E-state index in [0.29, 0.717) is 12.5 Å². The number of carbonyl (C=O) groups is 1. The van der Waals surface area contributed by atoms with Crippen molar-refractivity contribution in [1.29, 1.82) is 0 Å². The maximum atomic E-state index is 12.3. The molecule has 1 saturated heterocycles. The Morgan fingerprint density at radius 3 is 3.05 bits per heavy atom. The Bertz CT molecular complexity index is 616. The van der Waals surface area contributed by atoms with Crippen LogP contribution in [0.25, 0.3) is 11.5 Å². The van der Waals surface area contributed by atoms with Crippen LogP contribution in [0.5, 0.6) is 0 Å². The molecule has 1 aliphatic heterocycles. The first kappa shape index (κ1) is 13.8. The molecule has 0 bridgehead atoms. The van der Waals surface area contributed by atoms with Crippen LogP contribution >= 0.6 is 0 Å². The van der Waals surface area contributed by atoms with Gasteiger partial charge < -0.3 is 14.5 Å². The van der Waals surface area contributed by atoms with E-state index >= 15 is 0 Å². The third-order valence-corrected chi connectivity index (χ3v) is 3.79. The van der Waals surface area contributed by atoms with Crippen molar-refractivity contribution in [3.05, 3.63) is 36.2 Å². The first-order valence-corrected chi connectivity index (χ1v) is 7.14. The van der Waals surface area contributed by atoms with Crippen LogP contribution in [0.3, 0.4) is 0 Å². The Labute approximate surface area is 123 Å². The highest BCUT2D eigenvalue weighted by molar-refractivity contribution is 5.94. The van der Waals surface area contributed by atoms with Crippen LogP contribution < -0.4 is 5.32 Å². The summed E-state index contributed by atoms with van der Waals surface area (Å²) in [5.74, 6) is 0.510. The third-order valence-electron chi connectivity index (χ3n) is 3.79. The molecule has 5 nitrogen and oxygen atoms in total. The highest BCUT2D eigenvalue weighted by Gasteiger charge is 2.22. The molecule has 2 heterocycles. The van der Waals surface area contributed by atoms with Gasteiger partial charge in [0.2, 0.25) is 11.8 Å². The minimum absolute atomic E-state index is 0.0161. The normalized spacial score (nSPS) is 18.4. The summed E-state index contributed by atoms with van der Waals surface area (Å²) in [6.45, 7) is 3.21. The summed E-state index contributed by atoms with van der Waals surface area (Å²) in [5.41, 5.74) is 2.63. The van der Waals surface area contributed by atoms with E-state index < -0.39 is 0 Å². The van der Waals surface area contributed by atoms with Crippen molar-refractivity contribution in [3.8, 4) is 11.5 Å². The first-order chi connectivity index (χ1) is 10.3. The van der Waals surface area contributed by atoms with Crippen molar-refractivity contribution in [1.82, 2.24) is 4.98 Å². The van der Waals surface area contributed by atoms with Gasteiger partial charge in [-0.05, 0) is 37.5 Å². The van der Waals surface area contributed by atoms with E-state index in [0.717, 1.165) is 36.3 Å². The molecule has 1 N–H and O–H groups in total. The second-order valence-electron chi connectivity index (χ2n) is 5.22. The van der Waals surface area contributed by atoms with Crippen molar-refractivity contribution < 1.29 is 13.9 Å². The molecule has 1 aromatic carbocycles. The topological polar surface area (TPSA) is 64.4 Å². The molecule has 1 aromatic heterocycles. The quantitative estimate of drug-likeness (QED) is 0.942. The lowest BCUT2D eigenvalue weighted by molar-refractivity contribution is -0.123. The SMILES string of the molecule is Cc1c(NC(=O)C2CCCOC2)cccc1-c1ncco1. The number of ether oxygens (including phenoxy) is 1. The van der Waals surface area contributed by atoms with Gasteiger partial charge in [0.05, 0.1) is 18.7 Å².